The Morgan fingerprint density at radius 3 is 2.68 bits per heavy atom. The zero-order valence-electron chi connectivity index (χ0n) is 22.2. The summed E-state index contributed by atoms with van der Waals surface area (Å²) < 4.78 is 48.7. The van der Waals surface area contributed by atoms with E-state index in [1.807, 2.05) is 13.0 Å². The van der Waals surface area contributed by atoms with E-state index < -0.39 is 18.7 Å². The van der Waals surface area contributed by atoms with Gasteiger partial charge >= 0.3 is 6.18 Å². The molecule has 0 spiro atoms. The van der Waals surface area contributed by atoms with E-state index in [9.17, 15) is 18.0 Å². The minimum Gasteiger partial charge on any atom is -0.488 e. The van der Waals surface area contributed by atoms with Crippen LogP contribution in [0.3, 0.4) is 0 Å². The lowest BCUT2D eigenvalue weighted by Crippen LogP contribution is -2.32. The fraction of sp³-hybridized carbons (Fsp3) is 0.483. The number of allylic oxidation sites excluding steroid dienone is 1. The molecule has 0 fully saturated rings. The van der Waals surface area contributed by atoms with Crippen LogP contribution in [0, 0.1) is 0 Å². The van der Waals surface area contributed by atoms with E-state index >= 15 is 0 Å². The average molecular weight is 534 g/mol. The number of benzene rings is 2. The van der Waals surface area contributed by atoms with E-state index in [0.717, 1.165) is 54.7 Å². The summed E-state index contributed by atoms with van der Waals surface area (Å²) >= 11 is 0. The first-order valence-electron chi connectivity index (χ1n) is 13.1. The van der Waals surface area contributed by atoms with Gasteiger partial charge in [-0.3, -0.25) is 4.79 Å². The monoisotopic (exact) mass is 533 g/mol. The van der Waals surface area contributed by atoms with E-state index in [-0.39, 0.29) is 24.1 Å². The van der Waals surface area contributed by atoms with Crippen LogP contribution in [0.15, 0.2) is 43.0 Å². The Bertz CT molecular complexity index is 1100. The molecule has 2 aromatic carbocycles. The summed E-state index contributed by atoms with van der Waals surface area (Å²) in [5.41, 5.74) is 10.4. The van der Waals surface area contributed by atoms with Crippen molar-refractivity contribution in [3.05, 3.63) is 65.2 Å². The number of ether oxygens (including phenoxy) is 2. The fourth-order valence-corrected chi connectivity index (χ4v) is 4.70. The molecule has 38 heavy (non-hydrogen) atoms. The van der Waals surface area contributed by atoms with E-state index in [2.05, 4.69) is 29.8 Å². The normalized spacial score (nSPS) is 13.8. The summed E-state index contributed by atoms with van der Waals surface area (Å²) in [5, 5.41) is 3.38. The topological polar surface area (TPSA) is 76.8 Å². The lowest BCUT2D eigenvalue weighted by atomic mass is 9.98. The number of alkyl halides is 3. The zero-order chi connectivity index (χ0) is 27.7. The van der Waals surface area contributed by atoms with Crippen molar-refractivity contribution in [2.24, 2.45) is 5.73 Å². The van der Waals surface area contributed by atoms with Crippen LogP contribution in [0.1, 0.15) is 53.7 Å². The first-order chi connectivity index (χ1) is 18.1. The lowest BCUT2D eigenvalue weighted by molar-refractivity contribution is -0.153. The minimum absolute atomic E-state index is 0.0493. The van der Waals surface area contributed by atoms with Crippen LogP contribution in [0.2, 0.25) is 0 Å². The molecule has 0 bridgehead atoms. The summed E-state index contributed by atoms with van der Waals surface area (Å²) in [6.45, 7) is 9.03. The Kier molecular flexibility index (Phi) is 10.5. The van der Waals surface area contributed by atoms with Gasteiger partial charge in [0, 0.05) is 25.7 Å². The Morgan fingerprint density at radius 2 is 2.00 bits per heavy atom. The van der Waals surface area contributed by atoms with Crippen LogP contribution in [0.4, 0.5) is 18.9 Å². The van der Waals surface area contributed by atoms with Gasteiger partial charge < -0.3 is 25.4 Å². The molecule has 0 unspecified atom stereocenters. The van der Waals surface area contributed by atoms with Crippen LogP contribution in [0.5, 0.6) is 11.5 Å². The maximum absolute atomic E-state index is 12.6. The highest BCUT2D eigenvalue weighted by Crippen LogP contribution is 2.34. The second-order valence-electron chi connectivity index (χ2n) is 9.69. The molecule has 1 amide bonds. The number of hydrogen-bond acceptors (Lipinski definition) is 5. The number of primary amides is 1. The molecule has 0 saturated heterocycles. The SMILES string of the molecule is C=CCc1ccc(OCC(F)(F)F)c(OCCN[C@H](C)Cc2cc3c(c(C(N)=O)c2)N(CCCC)CC3)c1. The zero-order valence-corrected chi connectivity index (χ0v) is 22.2. The molecule has 9 heteroatoms. The third kappa shape index (κ3) is 8.41. The molecule has 0 saturated carbocycles. The third-order valence-corrected chi connectivity index (χ3v) is 6.44. The molecule has 1 aliphatic rings. The average Bonchev–Trinajstić information content (AvgIpc) is 3.26. The molecule has 2 aromatic rings. The number of amides is 1. The molecule has 1 heterocycles. The van der Waals surface area contributed by atoms with Crippen molar-refractivity contribution < 1.29 is 27.4 Å². The highest BCUT2D eigenvalue weighted by atomic mass is 19.4. The van der Waals surface area contributed by atoms with Crippen molar-refractivity contribution in [1.29, 1.82) is 0 Å². The maximum atomic E-state index is 12.6. The van der Waals surface area contributed by atoms with Crippen molar-refractivity contribution in [2.45, 2.75) is 58.2 Å². The molecule has 0 radical (unpaired) electrons. The van der Waals surface area contributed by atoms with Crippen LogP contribution in [-0.2, 0) is 19.3 Å². The number of unbranched alkanes of at least 4 members (excludes halogenated alkanes) is 1. The highest BCUT2D eigenvalue weighted by molar-refractivity contribution is 6.00. The van der Waals surface area contributed by atoms with E-state index in [4.69, 9.17) is 15.2 Å². The number of nitrogens with one attached hydrogen (secondary N) is 1. The van der Waals surface area contributed by atoms with Crippen molar-refractivity contribution in [2.75, 3.05) is 37.7 Å². The Hall–Kier alpha value is -3.20. The second-order valence-corrected chi connectivity index (χ2v) is 9.69. The number of rotatable bonds is 15. The van der Waals surface area contributed by atoms with Crippen molar-refractivity contribution in [3.8, 4) is 11.5 Å². The summed E-state index contributed by atoms with van der Waals surface area (Å²) in [4.78, 5) is 14.5. The summed E-state index contributed by atoms with van der Waals surface area (Å²) in [7, 11) is 0. The predicted octanol–water partition coefficient (Wildman–Crippen LogP) is 5.22. The van der Waals surface area contributed by atoms with Gasteiger partial charge in [0.05, 0.1) is 11.3 Å². The Morgan fingerprint density at radius 1 is 1.21 bits per heavy atom. The van der Waals surface area contributed by atoms with E-state index in [0.29, 0.717) is 24.9 Å². The number of carbonyl (C=O) groups is 1. The molecule has 0 aromatic heterocycles. The number of hydrogen-bond donors (Lipinski definition) is 2. The van der Waals surface area contributed by atoms with Crippen molar-refractivity contribution in [1.82, 2.24) is 5.32 Å². The summed E-state index contributed by atoms with van der Waals surface area (Å²) in [6.07, 6.45) is 1.58. The molecule has 208 valence electrons. The van der Waals surface area contributed by atoms with Crippen LogP contribution in [0.25, 0.3) is 0 Å². The molecular weight excluding hydrogens is 495 g/mol. The van der Waals surface area contributed by atoms with Gasteiger partial charge in [-0.1, -0.05) is 31.6 Å². The first-order valence-corrected chi connectivity index (χ1v) is 13.1. The molecular formula is C29H38F3N3O3. The number of fused-ring (bicyclic) bond motifs is 1. The fourth-order valence-electron chi connectivity index (χ4n) is 4.70. The molecule has 3 rings (SSSR count). The lowest BCUT2D eigenvalue weighted by Gasteiger charge is -2.22. The molecule has 1 aliphatic heterocycles. The minimum atomic E-state index is -4.44. The van der Waals surface area contributed by atoms with Gasteiger partial charge in [-0.2, -0.15) is 13.2 Å². The molecule has 3 N–H and O–H groups in total. The van der Waals surface area contributed by atoms with Gasteiger partial charge in [-0.05, 0) is 67.5 Å². The van der Waals surface area contributed by atoms with E-state index in [1.54, 1.807) is 18.2 Å². The number of halogens is 3. The van der Waals surface area contributed by atoms with Gasteiger partial charge in [-0.15, -0.1) is 6.58 Å². The third-order valence-electron chi connectivity index (χ3n) is 6.44. The largest absolute Gasteiger partial charge is 0.488 e. The predicted molar refractivity (Wildman–Crippen MR) is 144 cm³/mol. The van der Waals surface area contributed by atoms with Gasteiger partial charge in [0.25, 0.3) is 5.91 Å². The first kappa shape index (κ1) is 29.4. The summed E-state index contributed by atoms with van der Waals surface area (Å²) in [6, 6.07) is 9.00. The molecule has 1 atom stereocenters. The van der Waals surface area contributed by atoms with Gasteiger partial charge in [0.1, 0.15) is 6.61 Å². The number of anilines is 1. The van der Waals surface area contributed by atoms with E-state index in [1.165, 1.54) is 6.07 Å². The van der Waals surface area contributed by atoms with Crippen LogP contribution >= 0.6 is 0 Å². The van der Waals surface area contributed by atoms with Crippen LogP contribution < -0.4 is 25.4 Å². The Labute approximate surface area is 223 Å². The second kappa shape index (κ2) is 13.6. The Balaban J connectivity index is 1.58. The van der Waals surface area contributed by atoms with Crippen LogP contribution in [-0.4, -0.2) is 51.0 Å². The quantitative estimate of drug-likeness (QED) is 0.243. The number of carbonyl (C=O) groups excluding carboxylic acids is 1. The van der Waals surface area contributed by atoms with Gasteiger partial charge in [0.2, 0.25) is 0 Å². The maximum Gasteiger partial charge on any atom is 0.422 e. The number of nitrogens with two attached hydrogens (primary N) is 1. The van der Waals surface area contributed by atoms with Gasteiger partial charge in [0.15, 0.2) is 18.1 Å². The smallest absolute Gasteiger partial charge is 0.422 e. The van der Waals surface area contributed by atoms with Crippen molar-refractivity contribution >= 4 is 11.6 Å². The summed E-state index contributed by atoms with van der Waals surface area (Å²) in [5.74, 6) is -0.101. The number of nitrogens with zero attached hydrogens (tertiary/aromatic N) is 1. The molecule has 6 nitrogen and oxygen atoms in total. The van der Waals surface area contributed by atoms with Crippen molar-refractivity contribution in [3.63, 3.8) is 0 Å². The van der Waals surface area contributed by atoms with Gasteiger partial charge in [-0.25, -0.2) is 0 Å². The standard InChI is InChI=1S/C29H38F3N3O3/c1-4-6-12-35-13-10-23-16-22(17-24(27(23)35)28(33)36)15-20(3)34-11-14-37-26-18-21(7-5-2)8-9-25(26)38-19-29(30,31)32/h5,8-9,16-18,20,34H,2,4,6-7,10-15,19H2,1,3H3,(H2,33,36)/t20-/m1/s1. The molecule has 0 aliphatic carbocycles. The highest BCUT2D eigenvalue weighted by Gasteiger charge is 2.29.